The third-order valence-corrected chi connectivity index (χ3v) is 8.03. The zero-order valence-electron chi connectivity index (χ0n) is 15.8. The van der Waals surface area contributed by atoms with E-state index >= 15 is 0 Å². The van der Waals surface area contributed by atoms with E-state index in [1.807, 2.05) is 30.3 Å². The van der Waals surface area contributed by atoms with Gasteiger partial charge in [0.05, 0.1) is 5.41 Å². The molecule has 5 heteroatoms. The molecule has 0 radical (unpaired) electrons. The minimum atomic E-state index is -0.117. The summed E-state index contributed by atoms with van der Waals surface area (Å²) < 4.78 is 0. The molecule has 1 amide bonds. The van der Waals surface area contributed by atoms with E-state index in [2.05, 4.69) is 34.4 Å². The van der Waals surface area contributed by atoms with Gasteiger partial charge in [-0.1, -0.05) is 6.07 Å². The first-order valence-electron chi connectivity index (χ1n) is 9.60. The van der Waals surface area contributed by atoms with Gasteiger partial charge in [-0.3, -0.25) is 9.69 Å². The molecule has 1 aromatic heterocycles. The summed E-state index contributed by atoms with van der Waals surface area (Å²) in [6.07, 6.45) is 4.86. The maximum absolute atomic E-state index is 13.1. The van der Waals surface area contributed by atoms with Crippen molar-refractivity contribution in [3.05, 3.63) is 22.4 Å². The molecule has 138 valence electrons. The largest absolute Gasteiger partial charge is 0.348 e. The number of hydrogen-bond donors (Lipinski definition) is 0. The average molecular weight is 362 g/mol. The van der Waals surface area contributed by atoms with Crippen LogP contribution in [0.4, 0.5) is 0 Å². The van der Waals surface area contributed by atoms with Gasteiger partial charge in [-0.2, -0.15) is 0 Å². The van der Waals surface area contributed by atoms with Crippen LogP contribution in [0.5, 0.6) is 0 Å². The Labute approximate surface area is 155 Å². The van der Waals surface area contributed by atoms with Crippen molar-refractivity contribution in [3.63, 3.8) is 0 Å². The Kier molecular flexibility index (Phi) is 4.45. The van der Waals surface area contributed by atoms with Gasteiger partial charge >= 0.3 is 0 Å². The number of likely N-dealkylation sites (tertiary alicyclic amines) is 2. The van der Waals surface area contributed by atoms with Crippen molar-refractivity contribution in [1.29, 1.82) is 0 Å². The van der Waals surface area contributed by atoms with Crippen LogP contribution in [0, 0.1) is 16.7 Å². The second-order valence-corrected chi connectivity index (χ2v) is 9.86. The number of piperidine rings is 1. The smallest absolute Gasteiger partial charge is 0.229 e. The Bertz CT molecular complexity index is 621. The summed E-state index contributed by atoms with van der Waals surface area (Å²) >= 11 is 1.86. The van der Waals surface area contributed by atoms with Crippen molar-refractivity contribution in [3.8, 4) is 0 Å². The fourth-order valence-corrected chi connectivity index (χ4v) is 6.72. The fourth-order valence-electron chi connectivity index (χ4n) is 5.97. The third kappa shape index (κ3) is 2.84. The molecule has 3 aliphatic rings. The molecule has 1 spiro atoms. The van der Waals surface area contributed by atoms with Crippen LogP contribution in [0.25, 0.3) is 0 Å². The van der Waals surface area contributed by atoms with E-state index in [4.69, 9.17) is 0 Å². The van der Waals surface area contributed by atoms with Crippen LogP contribution in [0.1, 0.15) is 30.6 Å². The molecule has 4 rings (SSSR count). The van der Waals surface area contributed by atoms with Crippen LogP contribution in [0.15, 0.2) is 17.5 Å². The van der Waals surface area contributed by atoms with Crippen molar-refractivity contribution < 1.29 is 4.79 Å². The second-order valence-electron chi connectivity index (χ2n) is 8.82. The topological polar surface area (TPSA) is 26.8 Å². The summed E-state index contributed by atoms with van der Waals surface area (Å²) in [4.78, 5) is 21.4. The number of carbonyl (C=O) groups is 1. The lowest BCUT2D eigenvalue weighted by atomic mass is 9.65. The summed E-state index contributed by atoms with van der Waals surface area (Å²) in [6, 6.07) is 4.40. The first-order chi connectivity index (χ1) is 12.0. The Morgan fingerprint density at radius 1 is 1.28 bits per heavy atom. The molecule has 1 aromatic rings. The van der Waals surface area contributed by atoms with Crippen LogP contribution in [-0.2, 0) is 11.3 Å². The van der Waals surface area contributed by atoms with Crippen molar-refractivity contribution in [2.75, 3.05) is 47.3 Å². The SMILES string of the molecule is CN1C[C@@H]2C3(CCN(Cc4cccs4)CC3)CC[C@]2(C(=O)N(C)C)C1. The summed E-state index contributed by atoms with van der Waals surface area (Å²) in [5.74, 6) is 0.920. The van der Waals surface area contributed by atoms with Crippen molar-refractivity contribution in [2.24, 2.45) is 16.7 Å². The van der Waals surface area contributed by atoms with Crippen molar-refractivity contribution >= 4 is 17.2 Å². The Balaban J connectivity index is 1.49. The second kappa shape index (κ2) is 6.36. The Hall–Kier alpha value is -0.910. The zero-order chi connectivity index (χ0) is 17.7. The van der Waals surface area contributed by atoms with Crippen LogP contribution in [0.3, 0.4) is 0 Å². The number of rotatable bonds is 3. The molecule has 4 nitrogen and oxygen atoms in total. The molecule has 0 unspecified atom stereocenters. The highest BCUT2D eigenvalue weighted by molar-refractivity contribution is 7.09. The molecule has 25 heavy (non-hydrogen) atoms. The molecule has 0 N–H and O–H groups in total. The van der Waals surface area contributed by atoms with Gasteiger partial charge in [0.25, 0.3) is 0 Å². The molecule has 2 aliphatic heterocycles. The number of amides is 1. The van der Waals surface area contributed by atoms with Crippen molar-refractivity contribution in [2.45, 2.75) is 32.2 Å². The summed E-state index contributed by atoms with van der Waals surface area (Å²) in [7, 11) is 6.06. The molecule has 1 aliphatic carbocycles. The number of carbonyl (C=O) groups excluding carboxylic acids is 1. The molecule has 1 saturated carbocycles. The number of hydrogen-bond acceptors (Lipinski definition) is 4. The van der Waals surface area contributed by atoms with Gasteiger partial charge in [-0.25, -0.2) is 0 Å². The fraction of sp³-hybridized carbons (Fsp3) is 0.750. The lowest BCUT2D eigenvalue weighted by Crippen LogP contribution is -2.48. The minimum absolute atomic E-state index is 0.117. The molecule has 2 atom stereocenters. The highest BCUT2D eigenvalue weighted by Crippen LogP contribution is 2.62. The lowest BCUT2D eigenvalue weighted by molar-refractivity contribution is -0.141. The predicted octanol–water partition coefficient (Wildman–Crippen LogP) is 2.76. The standard InChI is InChI=1S/C20H31N3OS/c1-21(2)18(24)20-7-6-19(17(20)14-22(3)15-20)8-10-23(11-9-19)13-16-5-4-12-25-16/h4-5,12,17H,6-11,13-15H2,1-3H3/t17-,20+/m1/s1. The van der Waals surface area contributed by atoms with Gasteiger partial charge in [-0.05, 0) is 68.6 Å². The zero-order valence-corrected chi connectivity index (χ0v) is 16.6. The van der Waals surface area contributed by atoms with Gasteiger partial charge in [-0.15, -0.1) is 11.3 Å². The summed E-state index contributed by atoms with van der Waals surface area (Å²) in [5, 5.41) is 2.17. The predicted molar refractivity (Wildman–Crippen MR) is 103 cm³/mol. The highest BCUT2D eigenvalue weighted by atomic mass is 32.1. The summed E-state index contributed by atoms with van der Waals surface area (Å²) in [6.45, 7) is 5.52. The Morgan fingerprint density at radius 3 is 2.68 bits per heavy atom. The number of nitrogens with zero attached hydrogens (tertiary/aromatic N) is 3. The lowest BCUT2D eigenvalue weighted by Gasteiger charge is -2.44. The van der Waals surface area contributed by atoms with Gasteiger partial charge in [0.2, 0.25) is 5.91 Å². The quantitative estimate of drug-likeness (QED) is 0.828. The molecule has 0 aromatic carbocycles. The molecule has 2 saturated heterocycles. The summed E-state index contributed by atoms with van der Waals surface area (Å²) in [5.41, 5.74) is 0.274. The molecule has 3 fully saturated rings. The van der Waals surface area contributed by atoms with E-state index in [-0.39, 0.29) is 5.41 Å². The van der Waals surface area contributed by atoms with E-state index in [1.165, 1.54) is 37.2 Å². The van der Waals surface area contributed by atoms with Crippen molar-refractivity contribution in [1.82, 2.24) is 14.7 Å². The normalized spacial score (nSPS) is 32.2. The van der Waals surface area contributed by atoms with E-state index in [0.717, 1.165) is 26.1 Å². The van der Waals surface area contributed by atoms with Crippen LogP contribution < -0.4 is 0 Å². The van der Waals surface area contributed by atoms with Gasteiger partial charge < -0.3 is 9.80 Å². The monoisotopic (exact) mass is 361 g/mol. The Morgan fingerprint density at radius 2 is 2.04 bits per heavy atom. The van der Waals surface area contributed by atoms with E-state index in [0.29, 0.717) is 17.2 Å². The average Bonchev–Trinajstić information content (AvgIpc) is 3.27. The van der Waals surface area contributed by atoms with Gasteiger partial charge in [0.1, 0.15) is 0 Å². The minimum Gasteiger partial charge on any atom is -0.348 e. The van der Waals surface area contributed by atoms with E-state index in [9.17, 15) is 4.79 Å². The van der Waals surface area contributed by atoms with E-state index in [1.54, 1.807) is 0 Å². The van der Waals surface area contributed by atoms with Crippen LogP contribution >= 0.6 is 11.3 Å². The molecular weight excluding hydrogens is 330 g/mol. The first-order valence-corrected chi connectivity index (χ1v) is 10.5. The number of thiophene rings is 1. The maximum Gasteiger partial charge on any atom is 0.229 e. The van der Waals surface area contributed by atoms with Crippen LogP contribution in [0.2, 0.25) is 0 Å². The van der Waals surface area contributed by atoms with E-state index < -0.39 is 0 Å². The van der Waals surface area contributed by atoms with Gasteiger partial charge in [0, 0.05) is 38.6 Å². The molecular formula is C20H31N3OS. The van der Waals surface area contributed by atoms with Gasteiger partial charge in [0.15, 0.2) is 0 Å². The maximum atomic E-state index is 13.1. The highest BCUT2D eigenvalue weighted by Gasteiger charge is 2.63. The molecule has 3 heterocycles. The third-order valence-electron chi connectivity index (χ3n) is 7.17. The molecule has 0 bridgehead atoms. The van der Waals surface area contributed by atoms with Crippen LogP contribution in [-0.4, -0.2) is 67.9 Å². The number of fused-ring (bicyclic) bond motifs is 2. The first kappa shape index (κ1) is 17.5.